The van der Waals surface area contributed by atoms with Crippen molar-refractivity contribution in [2.24, 2.45) is 0 Å². The summed E-state index contributed by atoms with van der Waals surface area (Å²) < 4.78 is 11.3. The Labute approximate surface area is 162 Å². The Morgan fingerprint density at radius 1 is 0.926 bits per heavy atom. The minimum Gasteiger partial charge on any atom is -0.494 e. The minimum atomic E-state index is -0.456. The fourth-order valence-electron chi connectivity index (χ4n) is 2.83. The van der Waals surface area contributed by atoms with Crippen LogP contribution in [0.2, 0.25) is 0 Å². The van der Waals surface area contributed by atoms with Gasteiger partial charge in [-0.05, 0) is 68.0 Å². The van der Waals surface area contributed by atoms with Crippen molar-refractivity contribution in [1.82, 2.24) is 5.32 Å². The topological polar surface area (TPSA) is 47.6 Å². The zero-order chi connectivity index (χ0) is 19.5. The van der Waals surface area contributed by atoms with Crippen LogP contribution in [-0.4, -0.2) is 25.2 Å². The van der Waals surface area contributed by atoms with Crippen molar-refractivity contribution in [3.8, 4) is 11.5 Å². The van der Waals surface area contributed by atoms with Gasteiger partial charge < -0.3 is 14.8 Å². The predicted octanol–water partition coefficient (Wildman–Crippen LogP) is 4.55. The summed E-state index contributed by atoms with van der Waals surface area (Å²) in [5.41, 5.74) is 2.50. The zero-order valence-corrected chi connectivity index (χ0v) is 16.7. The summed E-state index contributed by atoms with van der Waals surface area (Å²) in [5, 5.41) is 2.99. The molecule has 146 valence electrons. The normalized spacial score (nSPS) is 11.7. The average Bonchev–Trinajstić information content (AvgIpc) is 2.71. The maximum atomic E-state index is 12.4. The van der Waals surface area contributed by atoms with Crippen LogP contribution < -0.4 is 14.8 Å². The third-order valence-electron chi connectivity index (χ3n) is 4.45. The van der Waals surface area contributed by atoms with E-state index in [1.807, 2.05) is 50.2 Å². The number of nitrogens with one attached hydrogen (secondary N) is 1. The van der Waals surface area contributed by atoms with Gasteiger partial charge in [-0.3, -0.25) is 4.79 Å². The molecule has 0 spiro atoms. The van der Waals surface area contributed by atoms with Crippen molar-refractivity contribution in [2.45, 2.75) is 52.6 Å². The molecule has 0 fully saturated rings. The first-order valence-electron chi connectivity index (χ1n) is 9.91. The Morgan fingerprint density at radius 3 is 2.15 bits per heavy atom. The molecule has 0 unspecified atom stereocenters. The summed E-state index contributed by atoms with van der Waals surface area (Å²) in [6, 6.07) is 16.1. The first-order chi connectivity index (χ1) is 13.2. The number of benzene rings is 2. The molecule has 0 heterocycles. The third kappa shape index (κ3) is 6.97. The minimum absolute atomic E-state index is 0.0521. The first kappa shape index (κ1) is 20.8. The number of aryl methyl sites for hydroxylation is 2. The van der Waals surface area contributed by atoms with Gasteiger partial charge in [0.25, 0.3) is 5.91 Å². The van der Waals surface area contributed by atoms with Gasteiger partial charge in [0, 0.05) is 6.54 Å². The zero-order valence-electron chi connectivity index (χ0n) is 16.7. The molecule has 27 heavy (non-hydrogen) atoms. The highest BCUT2D eigenvalue weighted by molar-refractivity contribution is 5.81. The van der Waals surface area contributed by atoms with Gasteiger partial charge in [0.1, 0.15) is 11.5 Å². The van der Waals surface area contributed by atoms with Gasteiger partial charge in [0.2, 0.25) is 0 Å². The molecule has 1 N–H and O–H groups in total. The Hall–Kier alpha value is -2.49. The number of hydrogen-bond donors (Lipinski definition) is 1. The highest BCUT2D eigenvalue weighted by atomic mass is 16.5. The molecule has 1 amide bonds. The second-order valence-corrected chi connectivity index (χ2v) is 6.48. The van der Waals surface area contributed by atoms with Gasteiger partial charge in [-0.15, -0.1) is 0 Å². The van der Waals surface area contributed by atoms with Gasteiger partial charge in [-0.25, -0.2) is 0 Å². The first-order valence-corrected chi connectivity index (χ1v) is 9.91. The number of hydrogen-bond acceptors (Lipinski definition) is 3. The Bertz CT molecular complexity index is 680. The van der Waals surface area contributed by atoms with Gasteiger partial charge in [0.15, 0.2) is 6.10 Å². The molecule has 4 nitrogen and oxygen atoms in total. The molecule has 0 aliphatic carbocycles. The molecule has 0 aliphatic rings. The maximum absolute atomic E-state index is 12.4. The highest BCUT2D eigenvalue weighted by Gasteiger charge is 2.17. The number of ether oxygens (including phenoxy) is 2. The summed E-state index contributed by atoms with van der Waals surface area (Å²) in [7, 11) is 0. The van der Waals surface area contributed by atoms with E-state index in [4.69, 9.17) is 9.47 Å². The Balaban J connectivity index is 1.73. The molecule has 0 saturated carbocycles. The second kappa shape index (κ2) is 11.3. The van der Waals surface area contributed by atoms with E-state index in [0.29, 0.717) is 19.6 Å². The van der Waals surface area contributed by atoms with Crippen molar-refractivity contribution in [1.29, 1.82) is 0 Å². The molecule has 1 atom stereocenters. The second-order valence-electron chi connectivity index (χ2n) is 6.48. The van der Waals surface area contributed by atoms with Crippen LogP contribution in [0, 0.1) is 0 Å². The number of rotatable bonds is 11. The van der Waals surface area contributed by atoms with E-state index in [2.05, 4.69) is 24.4 Å². The molecular formula is C23H31NO3. The van der Waals surface area contributed by atoms with E-state index in [1.54, 1.807) is 0 Å². The number of carbonyl (C=O) groups is 1. The van der Waals surface area contributed by atoms with Gasteiger partial charge in [0.05, 0.1) is 6.61 Å². The summed E-state index contributed by atoms with van der Waals surface area (Å²) >= 11 is 0. The smallest absolute Gasteiger partial charge is 0.261 e. The standard InChI is InChI=1S/C23H31NO3/c1-4-18-9-15-21(16-10-18)27-22(5-2)23(25)24-17-7-8-19-11-13-20(14-12-19)26-6-3/h9-16,22H,4-8,17H2,1-3H3,(H,24,25)/t22-/m0/s1. The highest BCUT2D eigenvalue weighted by Crippen LogP contribution is 2.16. The van der Waals surface area contributed by atoms with Crippen LogP contribution in [0.25, 0.3) is 0 Å². The van der Waals surface area contributed by atoms with Crippen LogP contribution in [0.3, 0.4) is 0 Å². The molecule has 0 saturated heterocycles. The van der Waals surface area contributed by atoms with Crippen LogP contribution in [0.5, 0.6) is 11.5 Å². The van der Waals surface area contributed by atoms with E-state index in [1.165, 1.54) is 11.1 Å². The quantitative estimate of drug-likeness (QED) is 0.591. The molecule has 0 radical (unpaired) electrons. The lowest BCUT2D eigenvalue weighted by Gasteiger charge is -2.17. The van der Waals surface area contributed by atoms with Crippen LogP contribution in [-0.2, 0) is 17.6 Å². The molecule has 2 aromatic rings. The largest absolute Gasteiger partial charge is 0.494 e. The van der Waals surface area contributed by atoms with Crippen LogP contribution >= 0.6 is 0 Å². The monoisotopic (exact) mass is 369 g/mol. The van der Waals surface area contributed by atoms with E-state index in [9.17, 15) is 4.79 Å². The summed E-state index contributed by atoms with van der Waals surface area (Å²) in [6.45, 7) is 7.37. The predicted molar refractivity (Wildman–Crippen MR) is 109 cm³/mol. The van der Waals surface area contributed by atoms with E-state index in [-0.39, 0.29) is 5.91 Å². The SMILES string of the molecule is CCOc1ccc(CCCNC(=O)[C@H](CC)Oc2ccc(CC)cc2)cc1. The van der Waals surface area contributed by atoms with Gasteiger partial charge in [-0.2, -0.15) is 0 Å². The molecule has 0 aliphatic heterocycles. The lowest BCUT2D eigenvalue weighted by Crippen LogP contribution is -2.38. The fourth-order valence-corrected chi connectivity index (χ4v) is 2.83. The van der Waals surface area contributed by atoms with Crippen molar-refractivity contribution < 1.29 is 14.3 Å². The molecule has 0 bridgehead atoms. The van der Waals surface area contributed by atoms with Crippen molar-refractivity contribution in [2.75, 3.05) is 13.2 Å². The summed E-state index contributed by atoms with van der Waals surface area (Å²) in [6.07, 6.45) is 2.99. The molecule has 2 rings (SSSR count). The van der Waals surface area contributed by atoms with Crippen LogP contribution in [0.4, 0.5) is 0 Å². The molecular weight excluding hydrogens is 338 g/mol. The maximum Gasteiger partial charge on any atom is 0.261 e. The van der Waals surface area contributed by atoms with E-state index >= 15 is 0 Å². The van der Waals surface area contributed by atoms with Crippen LogP contribution in [0.1, 0.15) is 44.7 Å². The average molecular weight is 370 g/mol. The number of amides is 1. The van der Waals surface area contributed by atoms with E-state index < -0.39 is 6.10 Å². The lowest BCUT2D eigenvalue weighted by molar-refractivity contribution is -0.128. The van der Waals surface area contributed by atoms with Gasteiger partial charge in [-0.1, -0.05) is 38.1 Å². The van der Waals surface area contributed by atoms with Crippen molar-refractivity contribution >= 4 is 5.91 Å². The fraction of sp³-hybridized carbons (Fsp3) is 0.435. The van der Waals surface area contributed by atoms with Gasteiger partial charge >= 0.3 is 0 Å². The molecule has 2 aromatic carbocycles. The van der Waals surface area contributed by atoms with Crippen LogP contribution in [0.15, 0.2) is 48.5 Å². The summed E-state index contributed by atoms with van der Waals surface area (Å²) in [5.74, 6) is 1.58. The Kier molecular flexibility index (Phi) is 8.69. The van der Waals surface area contributed by atoms with Crippen molar-refractivity contribution in [3.05, 3.63) is 59.7 Å². The third-order valence-corrected chi connectivity index (χ3v) is 4.45. The lowest BCUT2D eigenvalue weighted by atomic mass is 10.1. The Morgan fingerprint density at radius 2 is 1.56 bits per heavy atom. The van der Waals surface area contributed by atoms with Crippen molar-refractivity contribution in [3.63, 3.8) is 0 Å². The molecule has 0 aromatic heterocycles. The molecule has 4 heteroatoms. The van der Waals surface area contributed by atoms with E-state index in [0.717, 1.165) is 30.8 Å². The number of carbonyl (C=O) groups excluding carboxylic acids is 1. The summed E-state index contributed by atoms with van der Waals surface area (Å²) in [4.78, 5) is 12.4.